The SMILES string of the molecule is CC1(C)CC2CC1C1C3CCC(C3)C21.CC1(C)CC2CC1C1C3CCC(C3)C21.CC1(C)CC2CC1C1C3CCC(C3)C21.CC1(C)CC2CC1C1C3CCC(CC3)C21. The first-order valence-electron chi connectivity index (χ1n) is 27.2. The van der Waals surface area contributed by atoms with E-state index in [0.29, 0.717) is 21.7 Å². The van der Waals surface area contributed by atoms with Gasteiger partial charge in [0.15, 0.2) is 0 Å². The molecule has 22 unspecified atom stereocenters. The Labute approximate surface area is 352 Å². The lowest BCUT2D eigenvalue weighted by Gasteiger charge is -2.54. The predicted molar refractivity (Wildman–Crippen MR) is 236 cm³/mol. The third-order valence-electron chi connectivity index (χ3n) is 25.9. The van der Waals surface area contributed by atoms with Crippen LogP contribution >= 0.6 is 0 Å². The van der Waals surface area contributed by atoms with Crippen LogP contribution in [0, 0.1) is 164 Å². The van der Waals surface area contributed by atoms with Gasteiger partial charge in [-0.2, -0.15) is 0 Å². The quantitative estimate of drug-likeness (QED) is 0.215. The van der Waals surface area contributed by atoms with Crippen LogP contribution in [0.5, 0.6) is 0 Å². The molecular formula is C57H90. The van der Waals surface area contributed by atoms with Crippen LogP contribution in [0.3, 0.4) is 0 Å². The average Bonchev–Trinajstić information content (AvgIpc) is 4.01. The standard InChI is InChI=1S/C15H24.3C14H22/c1-15(2)8-11-7-12(15)14-10-5-3-9(4-6-10)13(11)14;3*1-14(2)7-10-6-11(14)13-9-4-3-8(5-9)12(10)13/h9-14H,3-8H2,1-2H3;3*8-13H,3-7H2,1-2H3. The van der Waals surface area contributed by atoms with Crippen molar-refractivity contribution in [1.82, 2.24) is 0 Å². The van der Waals surface area contributed by atoms with Crippen molar-refractivity contribution in [3.05, 3.63) is 0 Å². The average molecular weight is 775 g/mol. The maximum Gasteiger partial charge on any atom is -0.0318 e. The summed E-state index contributed by atoms with van der Waals surface area (Å²) in [5.74, 6) is 27.9. The lowest BCUT2D eigenvalue weighted by molar-refractivity contribution is -0.0507. The van der Waals surface area contributed by atoms with Crippen molar-refractivity contribution < 1.29 is 0 Å². The molecule has 0 radical (unpaired) electrons. The maximum atomic E-state index is 2.55. The minimum Gasteiger partial charge on any atom is -0.0596 e. The number of hydrogen-bond acceptors (Lipinski definition) is 0. The molecule has 318 valence electrons. The van der Waals surface area contributed by atoms with Crippen LogP contribution in [-0.2, 0) is 0 Å². The highest BCUT2D eigenvalue weighted by atomic mass is 14.7. The summed E-state index contributed by atoms with van der Waals surface area (Å²) in [6.45, 7) is 20.4. The second kappa shape index (κ2) is 12.4. The van der Waals surface area contributed by atoms with Crippen LogP contribution in [0.2, 0.25) is 0 Å². The largest absolute Gasteiger partial charge is 0.0596 e. The van der Waals surface area contributed by atoms with Gasteiger partial charge in [-0.3, -0.25) is 0 Å². The summed E-state index contributed by atoms with van der Waals surface area (Å²) >= 11 is 0. The van der Waals surface area contributed by atoms with Crippen molar-refractivity contribution in [2.75, 3.05) is 0 Å². The molecule has 0 N–H and O–H groups in total. The fraction of sp³-hybridized carbons (Fsp3) is 1.00. The fourth-order valence-electron chi connectivity index (χ4n) is 25.0. The van der Waals surface area contributed by atoms with E-state index >= 15 is 0 Å². The number of rotatable bonds is 0. The number of hydrogen-bond donors (Lipinski definition) is 0. The smallest absolute Gasteiger partial charge is 0.0318 e. The highest BCUT2D eigenvalue weighted by molar-refractivity contribution is 5.16. The molecule has 0 nitrogen and oxygen atoms in total. The molecule has 17 rings (SSSR count). The molecule has 17 fully saturated rings. The highest BCUT2D eigenvalue weighted by Gasteiger charge is 2.67. The second-order valence-corrected chi connectivity index (χ2v) is 29.5. The van der Waals surface area contributed by atoms with Gasteiger partial charge in [0.1, 0.15) is 0 Å². The van der Waals surface area contributed by atoms with E-state index < -0.39 is 0 Å². The van der Waals surface area contributed by atoms with E-state index in [2.05, 4.69) is 55.4 Å². The molecule has 0 spiro atoms. The Morgan fingerprint density at radius 1 is 0.211 bits per heavy atom. The Balaban J connectivity index is 0.0000000796. The zero-order valence-electron chi connectivity index (χ0n) is 38.7. The Hall–Kier alpha value is 0. The third-order valence-corrected chi connectivity index (χ3v) is 25.9. The molecule has 17 saturated carbocycles. The first-order valence-corrected chi connectivity index (χ1v) is 27.2. The summed E-state index contributed by atoms with van der Waals surface area (Å²) in [7, 11) is 0. The van der Waals surface area contributed by atoms with Gasteiger partial charge in [-0.15, -0.1) is 0 Å². The Kier molecular flexibility index (Phi) is 8.15. The van der Waals surface area contributed by atoms with E-state index in [0.717, 1.165) is 59.2 Å². The van der Waals surface area contributed by atoms with Crippen molar-refractivity contribution >= 4 is 0 Å². The minimum atomic E-state index is 0.698. The molecule has 0 saturated heterocycles. The molecule has 17 aliphatic rings. The van der Waals surface area contributed by atoms with Crippen LogP contribution in [0.25, 0.3) is 0 Å². The van der Waals surface area contributed by atoms with Crippen LogP contribution in [0.15, 0.2) is 0 Å². The topological polar surface area (TPSA) is 0 Å². The zero-order valence-corrected chi connectivity index (χ0v) is 38.7. The summed E-state index contributed by atoms with van der Waals surface area (Å²) in [5, 5.41) is 0. The predicted octanol–water partition coefficient (Wildman–Crippen LogP) is 15.2. The molecule has 0 heteroatoms. The summed E-state index contributed by atoms with van der Waals surface area (Å²) in [5.41, 5.74) is 2.81. The Morgan fingerprint density at radius 3 is 0.684 bits per heavy atom. The van der Waals surface area contributed by atoms with E-state index in [1.807, 2.05) is 0 Å². The molecule has 57 heavy (non-hydrogen) atoms. The Morgan fingerprint density at radius 2 is 0.404 bits per heavy atom. The molecule has 0 heterocycles. The molecule has 0 aromatic carbocycles. The zero-order chi connectivity index (χ0) is 38.7. The van der Waals surface area contributed by atoms with Crippen molar-refractivity contribution in [3.8, 4) is 0 Å². The van der Waals surface area contributed by atoms with Crippen molar-refractivity contribution in [2.45, 2.75) is 190 Å². The van der Waals surface area contributed by atoms with Gasteiger partial charge >= 0.3 is 0 Å². The summed E-state index contributed by atoms with van der Waals surface area (Å²) in [4.78, 5) is 0. The van der Waals surface area contributed by atoms with Crippen LogP contribution < -0.4 is 0 Å². The van der Waals surface area contributed by atoms with E-state index in [1.54, 1.807) is 135 Å². The summed E-state index contributed by atoms with van der Waals surface area (Å²) < 4.78 is 0. The van der Waals surface area contributed by atoms with E-state index in [1.165, 1.54) is 82.9 Å². The van der Waals surface area contributed by atoms with Gasteiger partial charge in [0.2, 0.25) is 0 Å². The van der Waals surface area contributed by atoms with Gasteiger partial charge in [-0.25, -0.2) is 0 Å². The summed E-state index contributed by atoms with van der Waals surface area (Å²) in [6.07, 6.45) is 33.4. The first-order chi connectivity index (χ1) is 27.2. The van der Waals surface area contributed by atoms with E-state index in [4.69, 9.17) is 0 Å². The van der Waals surface area contributed by atoms with E-state index in [9.17, 15) is 0 Å². The normalized spacial score (nSPS) is 61.5. The van der Waals surface area contributed by atoms with Crippen LogP contribution in [0.4, 0.5) is 0 Å². The summed E-state index contributed by atoms with van der Waals surface area (Å²) in [6, 6.07) is 0. The van der Waals surface area contributed by atoms with Gasteiger partial charge in [-0.1, -0.05) is 55.4 Å². The monoisotopic (exact) mass is 775 g/mol. The van der Waals surface area contributed by atoms with Crippen molar-refractivity contribution in [1.29, 1.82) is 0 Å². The molecule has 16 bridgehead atoms. The van der Waals surface area contributed by atoms with Crippen molar-refractivity contribution in [2.24, 2.45) is 164 Å². The van der Waals surface area contributed by atoms with Crippen molar-refractivity contribution in [3.63, 3.8) is 0 Å². The van der Waals surface area contributed by atoms with Crippen LogP contribution in [-0.4, -0.2) is 0 Å². The fourth-order valence-corrected chi connectivity index (χ4v) is 25.0. The van der Waals surface area contributed by atoms with Gasteiger partial charge < -0.3 is 0 Å². The molecular weight excluding hydrogens is 685 g/mol. The lowest BCUT2D eigenvalue weighted by atomic mass is 9.51. The number of fused-ring (bicyclic) bond motifs is 31. The first kappa shape index (κ1) is 37.5. The minimum absolute atomic E-state index is 0.698. The van der Waals surface area contributed by atoms with Gasteiger partial charge in [0.05, 0.1) is 0 Å². The van der Waals surface area contributed by atoms with E-state index in [-0.39, 0.29) is 0 Å². The maximum absolute atomic E-state index is 2.55. The molecule has 0 amide bonds. The van der Waals surface area contributed by atoms with Gasteiger partial charge in [0, 0.05) is 0 Å². The van der Waals surface area contributed by atoms with Gasteiger partial charge in [-0.05, 0) is 299 Å². The Bertz CT molecular complexity index is 1440. The highest BCUT2D eigenvalue weighted by Crippen LogP contribution is 2.75. The lowest BCUT2D eigenvalue weighted by Crippen LogP contribution is -2.47. The molecule has 17 aliphatic carbocycles. The molecule has 0 aromatic heterocycles. The molecule has 0 aromatic rings. The third kappa shape index (κ3) is 5.21. The second-order valence-electron chi connectivity index (χ2n) is 29.5. The molecule has 22 atom stereocenters. The molecule has 0 aliphatic heterocycles. The van der Waals surface area contributed by atoms with Crippen LogP contribution in [0.1, 0.15) is 190 Å². The van der Waals surface area contributed by atoms with Gasteiger partial charge in [0.25, 0.3) is 0 Å².